The van der Waals surface area contributed by atoms with Crippen molar-refractivity contribution >= 4 is 75.9 Å². The monoisotopic (exact) mass is 687 g/mol. The van der Waals surface area contributed by atoms with Gasteiger partial charge in [-0.15, -0.1) is 5.10 Å². The van der Waals surface area contributed by atoms with Crippen molar-refractivity contribution < 1.29 is 17.1 Å². The van der Waals surface area contributed by atoms with E-state index in [0.717, 1.165) is 11.3 Å². The van der Waals surface area contributed by atoms with Gasteiger partial charge < -0.3 is 40.8 Å². The van der Waals surface area contributed by atoms with Gasteiger partial charge in [0.05, 0.1) is 5.71 Å². The molecule has 1 radical (unpaired) electrons. The maximum atomic E-state index is 5.70. The van der Waals surface area contributed by atoms with Crippen molar-refractivity contribution in [1.29, 1.82) is 0 Å². The van der Waals surface area contributed by atoms with E-state index in [1.54, 1.807) is 7.05 Å². The van der Waals surface area contributed by atoms with E-state index < -0.39 is 7.26 Å². The maximum Gasteiger partial charge on any atom is 2.00 e. The minimum atomic E-state index is -2.13. The predicted molar refractivity (Wildman–Crippen MR) is 192 cm³/mol. The van der Waals surface area contributed by atoms with Crippen molar-refractivity contribution in [2.24, 2.45) is 20.4 Å². The van der Waals surface area contributed by atoms with Crippen molar-refractivity contribution in [3.05, 3.63) is 121 Å². The van der Waals surface area contributed by atoms with Crippen molar-refractivity contribution in [1.82, 2.24) is 10.6 Å². The molecule has 0 atom stereocenters. The van der Waals surface area contributed by atoms with E-state index in [1.807, 2.05) is 68.4 Å². The topological polar surface area (TPSA) is 76.7 Å². The Labute approximate surface area is 282 Å². The Hall–Kier alpha value is -3.65. The maximum absolute atomic E-state index is 5.70. The van der Waals surface area contributed by atoms with E-state index in [0.29, 0.717) is 17.7 Å². The van der Waals surface area contributed by atoms with Crippen LogP contribution < -0.4 is 31.4 Å². The molecule has 44 heavy (non-hydrogen) atoms. The molecule has 0 saturated heterocycles. The fourth-order valence-electron chi connectivity index (χ4n) is 4.56. The molecule has 0 amide bonds. The average molecular weight is 688 g/mol. The number of rotatable bonds is 10. The van der Waals surface area contributed by atoms with Gasteiger partial charge in [-0.3, -0.25) is 0 Å². The minimum Gasteiger partial charge on any atom is -0.741 e. The van der Waals surface area contributed by atoms with Crippen LogP contribution in [-0.4, -0.2) is 49.2 Å². The summed E-state index contributed by atoms with van der Waals surface area (Å²) in [6.07, 6.45) is 0.584. The molecule has 0 saturated carbocycles. The summed E-state index contributed by atoms with van der Waals surface area (Å²) in [5, 5.41) is 27.9. The molecule has 4 aromatic rings. The van der Waals surface area contributed by atoms with Crippen LogP contribution in [0.25, 0.3) is 0 Å². The van der Waals surface area contributed by atoms with Crippen molar-refractivity contribution in [3.63, 3.8) is 0 Å². The summed E-state index contributed by atoms with van der Waals surface area (Å²) >= 11 is 10.9. The van der Waals surface area contributed by atoms with Crippen LogP contribution in [0.1, 0.15) is 12.5 Å². The Morgan fingerprint density at radius 2 is 1.11 bits per heavy atom. The molecule has 0 aliphatic heterocycles. The molecule has 0 unspecified atom stereocenters. The zero-order chi connectivity index (χ0) is 30.7. The second-order valence-electron chi connectivity index (χ2n) is 9.79. The van der Waals surface area contributed by atoms with Crippen molar-refractivity contribution in [2.45, 2.75) is 6.92 Å². The van der Waals surface area contributed by atoms with Crippen LogP contribution >= 0.6 is 7.26 Å². The van der Waals surface area contributed by atoms with Crippen LogP contribution in [-0.2, 0) is 42.3 Å². The molecule has 2 N–H and O–H groups in total. The third-order valence-corrected chi connectivity index (χ3v) is 11.5. The first-order chi connectivity index (χ1) is 20.8. The quantitative estimate of drug-likeness (QED) is 0.0646. The second-order valence-corrected chi connectivity index (χ2v) is 14.0. The van der Waals surface area contributed by atoms with Gasteiger partial charge in [-0.1, -0.05) is 66.7 Å². The Balaban J connectivity index is 0.00000529. The first-order valence-corrected chi connectivity index (χ1v) is 16.5. The van der Waals surface area contributed by atoms with E-state index >= 15 is 0 Å². The molecular formula is C33H35CuN7PS2+. The minimum absolute atomic E-state index is 0. The fraction of sp³-hybridized carbons (Fsp3) is 0.152. The molecule has 0 aliphatic rings. The van der Waals surface area contributed by atoms with E-state index in [4.69, 9.17) is 25.3 Å². The zero-order valence-electron chi connectivity index (χ0n) is 25.0. The molecule has 7 nitrogen and oxygen atoms in total. The Morgan fingerprint density at radius 3 is 1.55 bits per heavy atom. The summed E-state index contributed by atoms with van der Waals surface area (Å²) in [5.41, 5.74) is 3.01. The van der Waals surface area contributed by atoms with E-state index in [9.17, 15) is 0 Å². The number of anilines is 1. The van der Waals surface area contributed by atoms with Gasteiger partial charge in [0.2, 0.25) is 0 Å². The Bertz CT molecular complexity index is 1500. The fourth-order valence-corrected chi connectivity index (χ4v) is 8.69. The first kappa shape index (κ1) is 34.8. The predicted octanol–water partition coefficient (Wildman–Crippen LogP) is 4.40. The summed E-state index contributed by atoms with van der Waals surface area (Å²) in [4.78, 5) is 2.03. The summed E-state index contributed by atoms with van der Waals surface area (Å²) < 4.78 is 0. The molecule has 0 aliphatic carbocycles. The van der Waals surface area contributed by atoms with E-state index in [2.05, 4.69) is 104 Å². The number of hydrogen-bond donors (Lipinski definition) is 2. The molecule has 0 aromatic heterocycles. The van der Waals surface area contributed by atoms with Gasteiger partial charge >= 0.3 is 17.1 Å². The van der Waals surface area contributed by atoms with Gasteiger partial charge in [-0.25, -0.2) is 0 Å². The molecule has 4 aromatic carbocycles. The summed E-state index contributed by atoms with van der Waals surface area (Å²) in [6, 6.07) is 39.8. The first-order valence-electron chi connectivity index (χ1n) is 13.7. The normalized spacial score (nSPS) is 12.7. The average Bonchev–Trinajstić information content (AvgIpc) is 3.05. The van der Waals surface area contributed by atoms with Crippen molar-refractivity contribution in [2.75, 3.05) is 32.3 Å². The smallest absolute Gasteiger partial charge is 0.741 e. The second kappa shape index (κ2) is 17.0. The number of nitrogens with one attached hydrogen (secondary N) is 2. The molecule has 0 spiro atoms. The van der Waals surface area contributed by atoms with Gasteiger partial charge in [-0.05, 0) is 60.6 Å². The Kier molecular flexibility index (Phi) is 13.5. The van der Waals surface area contributed by atoms with Crippen LogP contribution in [0.15, 0.2) is 136 Å². The summed E-state index contributed by atoms with van der Waals surface area (Å²) in [7, 11) is 3.56. The number of hydrogen-bond acceptors (Lipinski definition) is 7. The largest absolute Gasteiger partial charge is 2.00 e. The van der Waals surface area contributed by atoms with Gasteiger partial charge in [0.25, 0.3) is 0 Å². The van der Waals surface area contributed by atoms with Gasteiger partial charge in [0.15, 0.2) is 0 Å². The third-order valence-electron chi connectivity index (χ3n) is 6.80. The SMILES string of the molecule is CN/C([S-])=N/N=C(/C(C)=N/N=C(\[S-])NC[P+](c1ccccc1)(c1ccccc1)c1ccccc1)c1ccc(N(C)C)cc1.[Cu+2]. The number of nitrogens with zero attached hydrogens (tertiary/aromatic N) is 5. The Morgan fingerprint density at radius 1 is 0.659 bits per heavy atom. The molecule has 0 fully saturated rings. The van der Waals surface area contributed by atoms with Crippen molar-refractivity contribution in [3.8, 4) is 0 Å². The van der Waals surface area contributed by atoms with E-state index in [-0.39, 0.29) is 27.4 Å². The molecule has 11 heteroatoms. The summed E-state index contributed by atoms with van der Waals surface area (Å²) in [6.45, 7) is 1.83. The van der Waals surface area contributed by atoms with Gasteiger partial charge in [-0.2, -0.15) is 15.3 Å². The molecule has 0 bridgehead atoms. The number of amidine groups is 2. The number of benzene rings is 4. The van der Waals surface area contributed by atoms with Crippen LogP contribution in [0.4, 0.5) is 5.69 Å². The summed E-state index contributed by atoms with van der Waals surface area (Å²) in [5.74, 6) is 0. The van der Waals surface area contributed by atoms with Crippen LogP contribution in [0, 0.1) is 0 Å². The molecule has 0 heterocycles. The third kappa shape index (κ3) is 8.71. The van der Waals surface area contributed by atoms with Gasteiger partial charge in [0, 0.05) is 37.6 Å². The van der Waals surface area contributed by atoms with Crippen LogP contribution in [0.2, 0.25) is 0 Å². The molecule has 4 rings (SSSR count). The van der Waals surface area contributed by atoms with E-state index in [1.165, 1.54) is 15.9 Å². The van der Waals surface area contributed by atoms with Crippen LogP contribution in [0.5, 0.6) is 0 Å². The molecule has 229 valence electrons. The standard InChI is InChI=1S/C33H36N7PS2.Cu/c1-25(31(37-38-32(42)34-2)26-20-22-27(23-21-26)40(3)4)36-39-33(43)35-24-41(28-14-8-5-9-15-28,29-16-10-6-11-17-29)30-18-12-7-13-19-30;/h5-23H,24H2,1-4H3,(H3-,34,35,36,37,38,39,42,43);/q;+2/p-1. The molecular weight excluding hydrogens is 653 g/mol. The van der Waals surface area contributed by atoms with Crippen LogP contribution in [0.3, 0.4) is 0 Å². The zero-order valence-corrected chi connectivity index (χ0v) is 28.4. The van der Waals surface area contributed by atoms with Gasteiger partial charge in [0.1, 0.15) is 35.2 Å².